The second-order valence-corrected chi connectivity index (χ2v) is 8.80. The highest BCUT2D eigenvalue weighted by Crippen LogP contribution is 2.37. The van der Waals surface area contributed by atoms with E-state index in [1.165, 1.54) is 6.07 Å². The third-order valence-corrected chi connectivity index (χ3v) is 6.17. The summed E-state index contributed by atoms with van der Waals surface area (Å²) in [5.74, 6) is -0.189. The monoisotopic (exact) mass is 514 g/mol. The molecule has 2 aromatic rings. The van der Waals surface area contributed by atoms with E-state index in [4.69, 9.17) is 0 Å². The third-order valence-electron chi connectivity index (χ3n) is 6.17. The quantitative estimate of drug-likeness (QED) is 0.478. The number of likely N-dealkylation sites (tertiary alicyclic amines) is 1. The number of carbonyl (C=O) groups excluding carboxylic acids is 2. The number of halogens is 6. The average molecular weight is 514 g/mol. The second-order valence-electron chi connectivity index (χ2n) is 8.80. The zero-order chi connectivity index (χ0) is 26.1. The molecule has 36 heavy (non-hydrogen) atoms. The molecule has 2 saturated heterocycles. The molecular weight excluding hydrogens is 490 g/mol. The van der Waals surface area contributed by atoms with Crippen LogP contribution in [0.2, 0.25) is 0 Å². The SMILES string of the molecule is O=C(Nc1cc(C(F)(F)F)cc(C(F)(F)F)c1)Nc1ccc(N2CCCC2)c(C(=O)N2CCCC2)c1. The number of urea groups is 1. The van der Waals surface area contributed by atoms with E-state index in [0.29, 0.717) is 30.8 Å². The minimum absolute atomic E-state index is 0.0175. The number of rotatable bonds is 4. The predicted octanol–water partition coefficient (Wildman–Crippen LogP) is 6.20. The first kappa shape index (κ1) is 25.6. The first-order valence-electron chi connectivity index (χ1n) is 11.5. The van der Waals surface area contributed by atoms with Crippen molar-refractivity contribution in [3.05, 3.63) is 53.1 Å². The van der Waals surface area contributed by atoms with Crippen LogP contribution in [0.5, 0.6) is 0 Å². The minimum Gasteiger partial charge on any atom is -0.371 e. The Morgan fingerprint density at radius 3 is 1.78 bits per heavy atom. The number of carbonyl (C=O) groups is 2. The van der Waals surface area contributed by atoms with E-state index in [1.807, 2.05) is 5.32 Å². The van der Waals surface area contributed by atoms with Gasteiger partial charge in [-0.3, -0.25) is 4.79 Å². The van der Waals surface area contributed by atoms with Crippen molar-refractivity contribution in [2.24, 2.45) is 0 Å². The Hall–Kier alpha value is -3.44. The summed E-state index contributed by atoms with van der Waals surface area (Å²) in [6.45, 7) is 2.80. The van der Waals surface area contributed by atoms with Crippen molar-refractivity contribution in [2.75, 3.05) is 41.7 Å². The number of benzene rings is 2. The molecule has 2 fully saturated rings. The molecule has 2 aliphatic heterocycles. The summed E-state index contributed by atoms with van der Waals surface area (Å²) < 4.78 is 78.6. The molecule has 2 aliphatic rings. The number of nitrogens with zero attached hydrogens (tertiary/aromatic N) is 2. The first-order chi connectivity index (χ1) is 16.9. The summed E-state index contributed by atoms with van der Waals surface area (Å²) in [5.41, 5.74) is -2.46. The van der Waals surface area contributed by atoms with Gasteiger partial charge in [-0.1, -0.05) is 0 Å². The van der Waals surface area contributed by atoms with Gasteiger partial charge in [0.2, 0.25) is 0 Å². The van der Waals surface area contributed by atoms with Gasteiger partial charge in [-0.15, -0.1) is 0 Å². The molecule has 2 heterocycles. The van der Waals surface area contributed by atoms with Gasteiger partial charge >= 0.3 is 18.4 Å². The van der Waals surface area contributed by atoms with Crippen LogP contribution in [-0.4, -0.2) is 43.0 Å². The number of amides is 3. The highest BCUT2D eigenvalue weighted by molar-refractivity contribution is 6.04. The predicted molar refractivity (Wildman–Crippen MR) is 122 cm³/mol. The molecular formula is C24H24F6N4O2. The highest BCUT2D eigenvalue weighted by atomic mass is 19.4. The molecule has 2 aromatic carbocycles. The lowest BCUT2D eigenvalue weighted by atomic mass is 10.1. The van der Waals surface area contributed by atoms with Gasteiger partial charge < -0.3 is 20.4 Å². The molecule has 2 N–H and O–H groups in total. The Labute approximate surface area is 203 Å². The summed E-state index contributed by atoms with van der Waals surface area (Å²) >= 11 is 0. The van der Waals surface area contributed by atoms with Crippen molar-refractivity contribution in [2.45, 2.75) is 38.0 Å². The summed E-state index contributed by atoms with van der Waals surface area (Å²) in [6, 6.07) is 4.51. The minimum atomic E-state index is -5.04. The fourth-order valence-corrected chi connectivity index (χ4v) is 4.43. The van der Waals surface area contributed by atoms with Gasteiger partial charge in [0.15, 0.2) is 0 Å². The van der Waals surface area contributed by atoms with Crippen LogP contribution in [-0.2, 0) is 12.4 Å². The van der Waals surface area contributed by atoms with E-state index in [2.05, 4.69) is 10.2 Å². The third kappa shape index (κ3) is 5.85. The van der Waals surface area contributed by atoms with Gasteiger partial charge in [0, 0.05) is 43.2 Å². The molecule has 0 bridgehead atoms. The van der Waals surface area contributed by atoms with E-state index >= 15 is 0 Å². The molecule has 0 atom stereocenters. The van der Waals surface area contributed by atoms with E-state index < -0.39 is 35.2 Å². The maximum atomic E-state index is 13.2. The van der Waals surface area contributed by atoms with Crippen molar-refractivity contribution < 1.29 is 35.9 Å². The van der Waals surface area contributed by atoms with Crippen LogP contribution in [0.25, 0.3) is 0 Å². The molecule has 0 spiro atoms. The molecule has 0 saturated carbocycles. The number of anilines is 3. The smallest absolute Gasteiger partial charge is 0.371 e. The summed E-state index contributed by atoms with van der Waals surface area (Å²) in [6.07, 6.45) is -6.33. The molecule has 0 radical (unpaired) electrons. The van der Waals surface area contributed by atoms with Crippen molar-refractivity contribution in [3.8, 4) is 0 Å². The number of alkyl halides is 6. The van der Waals surface area contributed by atoms with Gasteiger partial charge in [0.1, 0.15) is 0 Å². The van der Waals surface area contributed by atoms with Crippen LogP contribution in [0.15, 0.2) is 36.4 Å². The summed E-state index contributed by atoms with van der Waals surface area (Å²) in [7, 11) is 0. The summed E-state index contributed by atoms with van der Waals surface area (Å²) in [5, 5.41) is 4.44. The molecule has 3 amide bonds. The van der Waals surface area contributed by atoms with Crippen LogP contribution in [0.1, 0.15) is 47.2 Å². The van der Waals surface area contributed by atoms with Crippen LogP contribution >= 0.6 is 0 Å². The fraction of sp³-hybridized carbons (Fsp3) is 0.417. The van der Waals surface area contributed by atoms with Gasteiger partial charge in [0.25, 0.3) is 5.91 Å². The van der Waals surface area contributed by atoms with Crippen LogP contribution in [0, 0.1) is 0 Å². The average Bonchev–Trinajstić information content (AvgIpc) is 3.52. The molecule has 0 unspecified atom stereocenters. The van der Waals surface area contributed by atoms with Crippen LogP contribution < -0.4 is 15.5 Å². The topological polar surface area (TPSA) is 64.7 Å². The maximum Gasteiger partial charge on any atom is 0.416 e. The van der Waals surface area contributed by atoms with Gasteiger partial charge in [-0.2, -0.15) is 26.3 Å². The fourth-order valence-electron chi connectivity index (χ4n) is 4.43. The largest absolute Gasteiger partial charge is 0.416 e. The normalized spacial score (nSPS) is 16.4. The van der Waals surface area contributed by atoms with Crippen molar-refractivity contribution in [1.29, 1.82) is 0 Å². The van der Waals surface area contributed by atoms with E-state index in [-0.39, 0.29) is 17.7 Å². The Morgan fingerprint density at radius 2 is 1.22 bits per heavy atom. The Balaban J connectivity index is 1.57. The number of hydrogen-bond donors (Lipinski definition) is 2. The van der Waals surface area contributed by atoms with Crippen LogP contribution in [0.4, 0.5) is 48.2 Å². The van der Waals surface area contributed by atoms with E-state index in [1.54, 1.807) is 17.0 Å². The van der Waals surface area contributed by atoms with Crippen molar-refractivity contribution in [1.82, 2.24) is 4.90 Å². The molecule has 0 aromatic heterocycles. The standard InChI is InChI=1S/C24H24F6N4O2/c25-23(26,27)15-11-16(24(28,29)30)13-18(12-15)32-22(36)31-17-5-6-20(33-7-1-2-8-33)19(14-17)21(35)34-9-3-4-10-34/h5-6,11-14H,1-4,7-10H2,(H2,31,32,36). The Bertz CT molecular complexity index is 1100. The maximum absolute atomic E-state index is 13.2. The second kappa shape index (κ2) is 9.90. The van der Waals surface area contributed by atoms with E-state index in [9.17, 15) is 35.9 Å². The van der Waals surface area contributed by atoms with Gasteiger partial charge in [0.05, 0.1) is 16.7 Å². The van der Waals surface area contributed by atoms with Crippen molar-refractivity contribution >= 4 is 29.0 Å². The molecule has 6 nitrogen and oxygen atoms in total. The number of hydrogen-bond acceptors (Lipinski definition) is 3. The molecule has 0 aliphatic carbocycles. The number of nitrogens with one attached hydrogen (secondary N) is 2. The molecule has 194 valence electrons. The van der Waals surface area contributed by atoms with Gasteiger partial charge in [-0.25, -0.2) is 4.79 Å². The Morgan fingerprint density at radius 1 is 0.694 bits per heavy atom. The van der Waals surface area contributed by atoms with Crippen LogP contribution in [0.3, 0.4) is 0 Å². The van der Waals surface area contributed by atoms with Crippen molar-refractivity contribution in [3.63, 3.8) is 0 Å². The zero-order valence-electron chi connectivity index (χ0n) is 19.1. The lowest BCUT2D eigenvalue weighted by Crippen LogP contribution is -2.30. The van der Waals surface area contributed by atoms with Gasteiger partial charge in [-0.05, 0) is 62.1 Å². The molecule has 12 heteroatoms. The lowest BCUT2D eigenvalue weighted by molar-refractivity contribution is -0.143. The Kier molecular flexibility index (Phi) is 7.05. The first-order valence-corrected chi connectivity index (χ1v) is 11.5. The zero-order valence-corrected chi connectivity index (χ0v) is 19.1. The lowest BCUT2D eigenvalue weighted by Gasteiger charge is -2.24. The summed E-state index contributed by atoms with van der Waals surface area (Å²) in [4.78, 5) is 29.5. The molecule has 4 rings (SSSR count). The van der Waals surface area contributed by atoms with E-state index in [0.717, 1.165) is 44.5 Å². The highest BCUT2D eigenvalue weighted by Gasteiger charge is 2.37.